The van der Waals surface area contributed by atoms with Gasteiger partial charge in [0.2, 0.25) is 0 Å². The van der Waals surface area contributed by atoms with Gasteiger partial charge in [0.25, 0.3) is 0 Å². The molecule has 0 amide bonds. The zero-order valence-corrected chi connectivity index (χ0v) is 13.6. The molecule has 0 saturated heterocycles. The van der Waals surface area contributed by atoms with Crippen molar-refractivity contribution in [3.63, 3.8) is 0 Å². The summed E-state index contributed by atoms with van der Waals surface area (Å²) in [7, 11) is 1.69. The van der Waals surface area contributed by atoms with E-state index in [9.17, 15) is 0 Å². The topological polar surface area (TPSA) is 21.3 Å². The van der Waals surface area contributed by atoms with Gasteiger partial charge in [-0.15, -0.1) is 11.6 Å². The number of alkyl halides is 1. The van der Waals surface area contributed by atoms with Crippen LogP contribution in [0.4, 0.5) is 0 Å². The highest BCUT2D eigenvalue weighted by Gasteiger charge is 2.21. The average molecular weight is 347 g/mol. The van der Waals surface area contributed by atoms with E-state index in [4.69, 9.17) is 16.3 Å². The van der Waals surface area contributed by atoms with E-state index >= 15 is 0 Å². The summed E-state index contributed by atoms with van der Waals surface area (Å²) in [4.78, 5) is 0. The van der Waals surface area contributed by atoms with Crippen molar-refractivity contribution in [3.05, 3.63) is 28.2 Å². The molecule has 2 atom stereocenters. The van der Waals surface area contributed by atoms with Gasteiger partial charge >= 0.3 is 0 Å². The van der Waals surface area contributed by atoms with E-state index in [1.165, 1.54) is 31.2 Å². The number of rotatable bonds is 4. The van der Waals surface area contributed by atoms with Gasteiger partial charge < -0.3 is 10.1 Å². The molecular formula is C15H21BrClNO. The van der Waals surface area contributed by atoms with Crippen molar-refractivity contribution < 1.29 is 4.74 Å². The Labute approximate surface area is 129 Å². The summed E-state index contributed by atoms with van der Waals surface area (Å²) in [6.07, 6.45) is 6.15. The Bertz CT molecular complexity index is 413. The summed E-state index contributed by atoms with van der Waals surface area (Å²) in [5.74, 6) is 0.892. The molecule has 1 N–H and O–H groups in total. The summed E-state index contributed by atoms with van der Waals surface area (Å²) in [5.41, 5.74) is 1.22. The molecule has 2 nitrogen and oxygen atoms in total. The van der Waals surface area contributed by atoms with E-state index in [1.807, 2.05) is 12.1 Å². The highest BCUT2D eigenvalue weighted by Crippen LogP contribution is 2.25. The van der Waals surface area contributed by atoms with Crippen LogP contribution in [-0.2, 0) is 6.54 Å². The molecule has 1 aromatic rings. The molecule has 0 bridgehead atoms. The number of benzene rings is 1. The van der Waals surface area contributed by atoms with Gasteiger partial charge in [0, 0.05) is 22.4 Å². The third-order valence-electron chi connectivity index (χ3n) is 3.74. The standard InChI is InChI=1S/C15H21BrClNO/c1-19-12-7-8-13(16)11(9-12)10-18-15-6-4-2-3-5-14(15)17/h7-9,14-15,18H,2-6,10H2,1H3. The van der Waals surface area contributed by atoms with Crippen molar-refractivity contribution in [2.75, 3.05) is 7.11 Å². The zero-order valence-electron chi connectivity index (χ0n) is 11.3. The first-order valence-electron chi connectivity index (χ1n) is 6.90. The zero-order chi connectivity index (χ0) is 13.7. The molecule has 106 valence electrons. The van der Waals surface area contributed by atoms with Crippen molar-refractivity contribution in [1.82, 2.24) is 5.32 Å². The molecule has 1 aromatic carbocycles. The summed E-state index contributed by atoms with van der Waals surface area (Å²) in [6.45, 7) is 0.825. The van der Waals surface area contributed by atoms with Gasteiger partial charge in [0.1, 0.15) is 5.75 Å². The molecule has 0 aliphatic heterocycles. The Morgan fingerprint density at radius 1 is 1.32 bits per heavy atom. The predicted octanol–water partition coefficient (Wildman–Crippen LogP) is 4.49. The Balaban J connectivity index is 1.97. The van der Waals surface area contributed by atoms with Crippen LogP contribution in [0.5, 0.6) is 5.75 Å². The van der Waals surface area contributed by atoms with E-state index < -0.39 is 0 Å². The van der Waals surface area contributed by atoms with Crippen LogP contribution < -0.4 is 10.1 Å². The molecule has 2 rings (SSSR count). The van der Waals surface area contributed by atoms with Crippen LogP contribution in [0.15, 0.2) is 22.7 Å². The Kier molecular flexibility index (Phi) is 5.99. The minimum atomic E-state index is 0.256. The molecule has 1 saturated carbocycles. The molecule has 2 unspecified atom stereocenters. The van der Waals surface area contributed by atoms with E-state index in [0.29, 0.717) is 6.04 Å². The fourth-order valence-corrected chi connectivity index (χ4v) is 3.30. The third kappa shape index (κ3) is 4.37. The number of hydrogen-bond donors (Lipinski definition) is 1. The largest absolute Gasteiger partial charge is 0.497 e. The molecule has 1 aliphatic carbocycles. The lowest BCUT2D eigenvalue weighted by molar-refractivity contribution is 0.413. The number of methoxy groups -OCH3 is 1. The summed E-state index contributed by atoms with van der Waals surface area (Å²) >= 11 is 10.0. The van der Waals surface area contributed by atoms with E-state index in [1.54, 1.807) is 7.11 Å². The summed E-state index contributed by atoms with van der Waals surface area (Å²) in [6, 6.07) is 6.48. The van der Waals surface area contributed by atoms with Crippen LogP contribution in [0.3, 0.4) is 0 Å². The molecule has 0 aromatic heterocycles. The van der Waals surface area contributed by atoms with Gasteiger partial charge in [-0.2, -0.15) is 0 Å². The van der Waals surface area contributed by atoms with Crippen LogP contribution >= 0.6 is 27.5 Å². The minimum absolute atomic E-state index is 0.256. The van der Waals surface area contributed by atoms with E-state index in [0.717, 1.165) is 23.2 Å². The van der Waals surface area contributed by atoms with Crippen molar-refractivity contribution in [3.8, 4) is 5.75 Å². The maximum atomic E-state index is 6.45. The highest BCUT2D eigenvalue weighted by atomic mass is 79.9. The van der Waals surface area contributed by atoms with Crippen molar-refractivity contribution in [2.24, 2.45) is 0 Å². The number of nitrogens with one attached hydrogen (secondary N) is 1. The Morgan fingerprint density at radius 3 is 2.89 bits per heavy atom. The van der Waals surface area contributed by atoms with Gasteiger partial charge in [-0.25, -0.2) is 0 Å². The predicted molar refractivity (Wildman–Crippen MR) is 84.0 cm³/mol. The molecule has 4 heteroatoms. The number of ether oxygens (including phenoxy) is 1. The molecule has 1 aliphatic rings. The number of halogens is 2. The van der Waals surface area contributed by atoms with Crippen LogP contribution in [0.2, 0.25) is 0 Å². The molecule has 19 heavy (non-hydrogen) atoms. The van der Waals surface area contributed by atoms with E-state index in [-0.39, 0.29) is 5.38 Å². The van der Waals surface area contributed by atoms with Crippen LogP contribution in [0.25, 0.3) is 0 Å². The van der Waals surface area contributed by atoms with Crippen molar-refractivity contribution in [2.45, 2.75) is 50.1 Å². The fraction of sp³-hybridized carbons (Fsp3) is 0.600. The first-order valence-corrected chi connectivity index (χ1v) is 8.13. The summed E-state index contributed by atoms with van der Waals surface area (Å²) in [5, 5.41) is 3.86. The van der Waals surface area contributed by atoms with Gasteiger partial charge in [-0.1, -0.05) is 35.2 Å². The minimum Gasteiger partial charge on any atom is -0.497 e. The third-order valence-corrected chi connectivity index (χ3v) is 5.04. The first-order chi connectivity index (χ1) is 9.20. The molecule has 1 fully saturated rings. The Hall–Kier alpha value is -0.250. The van der Waals surface area contributed by atoms with Gasteiger partial charge in [0.15, 0.2) is 0 Å². The lowest BCUT2D eigenvalue weighted by Gasteiger charge is -2.21. The summed E-state index contributed by atoms with van der Waals surface area (Å²) < 4.78 is 6.38. The maximum Gasteiger partial charge on any atom is 0.119 e. The van der Waals surface area contributed by atoms with Gasteiger partial charge in [-0.3, -0.25) is 0 Å². The van der Waals surface area contributed by atoms with Gasteiger partial charge in [-0.05, 0) is 36.6 Å². The lowest BCUT2D eigenvalue weighted by atomic mass is 10.1. The fourth-order valence-electron chi connectivity index (χ4n) is 2.55. The molecule has 0 radical (unpaired) electrons. The monoisotopic (exact) mass is 345 g/mol. The van der Waals surface area contributed by atoms with Crippen LogP contribution in [0.1, 0.15) is 37.7 Å². The second-order valence-electron chi connectivity index (χ2n) is 5.10. The van der Waals surface area contributed by atoms with Crippen molar-refractivity contribution in [1.29, 1.82) is 0 Å². The lowest BCUT2D eigenvalue weighted by Crippen LogP contribution is -2.35. The van der Waals surface area contributed by atoms with Crippen molar-refractivity contribution >= 4 is 27.5 Å². The van der Waals surface area contributed by atoms with Crippen LogP contribution in [0, 0.1) is 0 Å². The second-order valence-corrected chi connectivity index (χ2v) is 6.51. The quantitative estimate of drug-likeness (QED) is 0.641. The Morgan fingerprint density at radius 2 is 2.11 bits per heavy atom. The SMILES string of the molecule is COc1ccc(Br)c(CNC2CCCCCC2Cl)c1. The van der Waals surface area contributed by atoms with Gasteiger partial charge in [0.05, 0.1) is 7.11 Å². The molecule has 0 spiro atoms. The molecule has 0 heterocycles. The second kappa shape index (κ2) is 7.51. The highest BCUT2D eigenvalue weighted by molar-refractivity contribution is 9.10. The maximum absolute atomic E-state index is 6.45. The molecular weight excluding hydrogens is 326 g/mol. The normalized spacial score (nSPS) is 23.9. The van der Waals surface area contributed by atoms with Crippen LogP contribution in [-0.4, -0.2) is 18.5 Å². The first kappa shape index (κ1) is 15.1. The number of hydrogen-bond acceptors (Lipinski definition) is 2. The van der Waals surface area contributed by atoms with E-state index in [2.05, 4.69) is 27.3 Å². The smallest absolute Gasteiger partial charge is 0.119 e. The average Bonchev–Trinajstić information content (AvgIpc) is 2.63.